The number of nitrogens with two attached hydrogens (primary N) is 1. The van der Waals surface area contributed by atoms with Crippen molar-refractivity contribution in [2.75, 3.05) is 19.6 Å². The molecule has 1 unspecified atom stereocenters. The summed E-state index contributed by atoms with van der Waals surface area (Å²) in [5, 5.41) is 0. The lowest BCUT2D eigenvalue weighted by atomic mass is 9.91. The largest absolute Gasteiger partial charge is 0.328 e. The molecule has 0 amide bonds. The Labute approximate surface area is 85.6 Å². The monoisotopic (exact) mass is 200 g/mol. The first kappa shape index (κ1) is 10.4. The maximum Gasteiger partial charge on any atom is 0.123 e. The second kappa shape index (κ2) is 3.78. The summed E-state index contributed by atoms with van der Waals surface area (Å²) in [6.07, 6.45) is 3.85. The van der Waals surface area contributed by atoms with Crippen molar-refractivity contribution < 1.29 is 4.39 Å². The van der Waals surface area contributed by atoms with Gasteiger partial charge in [0, 0.05) is 12.6 Å². The number of hydrogen-bond donors (Lipinski definition) is 1. The molecule has 0 aromatic rings. The Hall–Kier alpha value is -0.150. The number of halogens is 1. The molecule has 14 heavy (non-hydrogen) atoms. The van der Waals surface area contributed by atoms with E-state index in [0.717, 1.165) is 38.8 Å². The summed E-state index contributed by atoms with van der Waals surface area (Å²) in [5.41, 5.74) is 5.04. The van der Waals surface area contributed by atoms with Gasteiger partial charge in [-0.2, -0.15) is 0 Å². The average Bonchev–Trinajstić information content (AvgIpc) is 2.84. The molecular formula is C11H21FN2. The van der Waals surface area contributed by atoms with Gasteiger partial charge in [0.15, 0.2) is 0 Å². The van der Waals surface area contributed by atoms with Crippen molar-refractivity contribution in [3.63, 3.8) is 0 Å². The van der Waals surface area contributed by atoms with Crippen molar-refractivity contribution >= 4 is 0 Å². The first-order valence-corrected chi connectivity index (χ1v) is 5.76. The van der Waals surface area contributed by atoms with Gasteiger partial charge in [-0.05, 0) is 51.6 Å². The first-order valence-electron chi connectivity index (χ1n) is 5.76. The van der Waals surface area contributed by atoms with Crippen LogP contribution in [0.5, 0.6) is 0 Å². The van der Waals surface area contributed by atoms with Crippen LogP contribution >= 0.6 is 0 Å². The molecule has 82 valence electrons. The van der Waals surface area contributed by atoms with E-state index in [1.54, 1.807) is 0 Å². The molecule has 2 rings (SSSR count). The number of alkyl halides is 1. The molecule has 0 aromatic heterocycles. The van der Waals surface area contributed by atoms with Crippen molar-refractivity contribution in [1.82, 2.24) is 4.90 Å². The number of likely N-dealkylation sites (tertiary alicyclic amines) is 1. The Bertz CT molecular complexity index is 193. The fourth-order valence-electron chi connectivity index (χ4n) is 2.33. The van der Waals surface area contributed by atoms with Crippen molar-refractivity contribution in [3.05, 3.63) is 0 Å². The molecule has 0 spiro atoms. The fourth-order valence-corrected chi connectivity index (χ4v) is 2.33. The summed E-state index contributed by atoms with van der Waals surface area (Å²) in [5.74, 6) is 0.654. The van der Waals surface area contributed by atoms with E-state index in [4.69, 9.17) is 5.73 Å². The smallest absolute Gasteiger partial charge is 0.123 e. The van der Waals surface area contributed by atoms with Crippen LogP contribution in [-0.2, 0) is 0 Å². The van der Waals surface area contributed by atoms with Crippen LogP contribution in [-0.4, -0.2) is 36.2 Å². The minimum Gasteiger partial charge on any atom is -0.328 e. The number of hydrogen-bond acceptors (Lipinski definition) is 2. The zero-order valence-electron chi connectivity index (χ0n) is 9.01. The molecule has 2 N–H and O–H groups in total. The molecule has 1 atom stereocenters. The molecule has 0 radical (unpaired) electrons. The minimum atomic E-state index is -0.818. The third-order valence-electron chi connectivity index (χ3n) is 3.68. The summed E-state index contributed by atoms with van der Waals surface area (Å²) in [4.78, 5) is 2.27. The van der Waals surface area contributed by atoms with Crippen LogP contribution in [0.4, 0.5) is 4.39 Å². The Morgan fingerprint density at radius 1 is 1.43 bits per heavy atom. The number of rotatable bonds is 3. The van der Waals surface area contributed by atoms with E-state index in [1.165, 1.54) is 0 Å². The molecule has 1 heterocycles. The maximum atomic E-state index is 13.5. The van der Waals surface area contributed by atoms with Crippen LogP contribution in [0.2, 0.25) is 0 Å². The lowest BCUT2D eigenvalue weighted by molar-refractivity contribution is 0.124. The zero-order valence-corrected chi connectivity index (χ0v) is 9.01. The van der Waals surface area contributed by atoms with E-state index in [2.05, 4.69) is 11.8 Å². The second-order valence-electron chi connectivity index (χ2n) is 5.12. The number of nitrogens with zero attached hydrogens (tertiary/aromatic N) is 1. The highest BCUT2D eigenvalue weighted by Crippen LogP contribution is 2.40. The molecular weight excluding hydrogens is 179 g/mol. The van der Waals surface area contributed by atoms with Gasteiger partial charge < -0.3 is 10.6 Å². The van der Waals surface area contributed by atoms with Gasteiger partial charge in [0.05, 0.1) is 0 Å². The van der Waals surface area contributed by atoms with Crippen LogP contribution in [0.1, 0.15) is 32.6 Å². The molecule has 2 aliphatic rings. The SMILES string of the molecule is CC(N)C1CCN(CC2(F)CC2)CC1. The topological polar surface area (TPSA) is 29.3 Å². The number of piperidine rings is 1. The standard InChI is InChI=1S/C11H21FN2/c1-9(13)10-2-6-14(7-3-10)8-11(12)4-5-11/h9-10H,2-8,13H2,1H3. The predicted octanol–water partition coefficient (Wildman–Crippen LogP) is 1.55. The quantitative estimate of drug-likeness (QED) is 0.749. The van der Waals surface area contributed by atoms with E-state index in [-0.39, 0.29) is 0 Å². The Kier molecular flexibility index (Phi) is 2.80. The van der Waals surface area contributed by atoms with Crippen LogP contribution in [0.25, 0.3) is 0 Å². The van der Waals surface area contributed by atoms with Gasteiger partial charge in [-0.1, -0.05) is 0 Å². The summed E-state index contributed by atoms with van der Waals surface area (Å²) in [7, 11) is 0. The molecule has 0 bridgehead atoms. The van der Waals surface area contributed by atoms with Crippen molar-refractivity contribution in [3.8, 4) is 0 Å². The van der Waals surface area contributed by atoms with Crippen LogP contribution < -0.4 is 5.73 Å². The van der Waals surface area contributed by atoms with E-state index in [0.29, 0.717) is 18.5 Å². The highest BCUT2D eigenvalue weighted by Gasteiger charge is 2.44. The summed E-state index contributed by atoms with van der Waals surface area (Å²) < 4.78 is 13.5. The third-order valence-corrected chi connectivity index (χ3v) is 3.68. The third kappa shape index (κ3) is 2.45. The van der Waals surface area contributed by atoms with Crippen LogP contribution in [0, 0.1) is 5.92 Å². The minimum absolute atomic E-state index is 0.303. The highest BCUT2D eigenvalue weighted by atomic mass is 19.1. The normalized spacial score (nSPS) is 30.2. The fraction of sp³-hybridized carbons (Fsp3) is 1.00. The lowest BCUT2D eigenvalue weighted by Gasteiger charge is -2.34. The molecule has 1 saturated heterocycles. The Morgan fingerprint density at radius 2 is 2.00 bits per heavy atom. The highest BCUT2D eigenvalue weighted by molar-refractivity contribution is 4.97. The first-order chi connectivity index (χ1) is 6.59. The molecule has 0 aromatic carbocycles. The summed E-state index contributed by atoms with van der Waals surface area (Å²) in [6.45, 7) is 4.83. The second-order valence-corrected chi connectivity index (χ2v) is 5.12. The van der Waals surface area contributed by atoms with Gasteiger partial charge in [-0.25, -0.2) is 4.39 Å². The van der Waals surface area contributed by atoms with E-state index >= 15 is 0 Å². The molecule has 2 nitrogen and oxygen atoms in total. The molecule has 3 heteroatoms. The van der Waals surface area contributed by atoms with Gasteiger partial charge in [0.1, 0.15) is 5.67 Å². The van der Waals surface area contributed by atoms with Crippen LogP contribution in [0.15, 0.2) is 0 Å². The zero-order chi connectivity index (χ0) is 10.2. The lowest BCUT2D eigenvalue weighted by Crippen LogP contribution is -2.42. The van der Waals surface area contributed by atoms with Crippen molar-refractivity contribution in [1.29, 1.82) is 0 Å². The molecule has 1 saturated carbocycles. The molecule has 2 fully saturated rings. The van der Waals surface area contributed by atoms with Gasteiger partial charge in [0.25, 0.3) is 0 Å². The van der Waals surface area contributed by atoms with E-state index in [1.807, 2.05) is 0 Å². The van der Waals surface area contributed by atoms with Gasteiger partial charge in [0.2, 0.25) is 0 Å². The van der Waals surface area contributed by atoms with Gasteiger partial charge >= 0.3 is 0 Å². The maximum absolute atomic E-state index is 13.5. The molecule has 1 aliphatic carbocycles. The van der Waals surface area contributed by atoms with E-state index < -0.39 is 5.67 Å². The molecule has 1 aliphatic heterocycles. The Balaban J connectivity index is 1.73. The van der Waals surface area contributed by atoms with Gasteiger partial charge in [-0.15, -0.1) is 0 Å². The predicted molar refractivity (Wildman–Crippen MR) is 55.9 cm³/mol. The average molecular weight is 200 g/mol. The van der Waals surface area contributed by atoms with Crippen molar-refractivity contribution in [2.45, 2.75) is 44.3 Å². The van der Waals surface area contributed by atoms with E-state index in [9.17, 15) is 4.39 Å². The summed E-state index contributed by atoms with van der Waals surface area (Å²) >= 11 is 0. The van der Waals surface area contributed by atoms with Crippen LogP contribution in [0.3, 0.4) is 0 Å². The van der Waals surface area contributed by atoms with Crippen molar-refractivity contribution in [2.24, 2.45) is 11.7 Å². The summed E-state index contributed by atoms with van der Waals surface area (Å²) in [6, 6.07) is 0.303. The van der Waals surface area contributed by atoms with Gasteiger partial charge in [-0.3, -0.25) is 0 Å². The Morgan fingerprint density at radius 3 is 2.43 bits per heavy atom.